The Morgan fingerprint density at radius 3 is 1.96 bits per heavy atom. The first-order valence-corrected chi connectivity index (χ1v) is 9.77. The molecule has 0 spiro atoms. The molecule has 1 atom stereocenters. The maximum atomic E-state index is 3.31. The minimum absolute atomic E-state index is 0.0149. The van der Waals surface area contributed by atoms with E-state index >= 15 is 0 Å². The van der Waals surface area contributed by atoms with Crippen molar-refractivity contribution in [2.24, 2.45) is 0 Å². The second-order valence-corrected chi connectivity index (χ2v) is 6.23. The Morgan fingerprint density at radius 2 is 1.31 bits per heavy atom. The Balaban J connectivity index is 0.000000570. The Bertz CT molecular complexity index is 937. The van der Waals surface area contributed by atoms with Crippen molar-refractivity contribution in [1.82, 2.24) is 0 Å². The van der Waals surface area contributed by atoms with Crippen LogP contribution in [-0.2, 0) is 5.41 Å². The van der Waals surface area contributed by atoms with E-state index in [1.165, 1.54) is 33.0 Å². The fourth-order valence-electron chi connectivity index (χ4n) is 3.72. The second-order valence-electron chi connectivity index (χ2n) is 6.23. The summed E-state index contributed by atoms with van der Waals surface area (Å²) >= 11 is 0. The summed E-state index contributed by atoms with van der Waals surface area (Å²) < 4.78 is 0. The molecule has 0 fully saturated rings. The SMILES string of the molecule is CC.CC.CC#CCC1(C)c2ccccc2-c2cc3ccccc3cc21. The first-order chi connectivity index (χ1) is 12.7. The summed E-state index contributed by atoms with van der Waals surface area (Å²) in [4.78, 5) is 0. The fourth-order valence-corrected chi connectivity index (χ4v) is 3.72. The van der Waals surface area contributed by atoms with E-state index in [1.807, 2.05) is 34.6 Å². The molecule has 0 radical (unpaired) electrons. The predicted molar refractivity (Wildman–Crippen MR) is 117 cm³/mol. The zero-order valence-electron chi connectivity index (χ0n) is 17.0. The first kappa shape index (κ1) is 19.8. The van der Waals surface area contributed by atoms with Gasteiger partial charge in [-0.1, -0.05) is 83.1 Å². The number of benzene rings is 3. The molecule has 3 aromatic carbocycles. The smallest absolute Gasteiger partial charge is 0.0296 e. The standard InChI is InChI=1S/C22H18.2C2H6/c1-3-4-13-22(2)20-12-8-7-11-18(20)19-14-16-9-5-6-10-17(16)15-21(19)22;2*1-2/h5-12,14-15H,13H2,1-2H3;2*1-2H3. The van der Waals surface area contributed by atoms with E-state index < -0.39 is 0 Å². The van der Waals surface area contributed by atoms with Crippen molar-refractivity contribution in [3.8, 4) is 23.0 Å². The molecule has 0 saturated carbocycles. The molecule has 134 valence electrons. The van der Waals surface area contributed by atoms with Gasteiger partial charge < -0.3 is 0 Å². The molecule has 0 heteroatoms. The van der Waals surface area contributed by atoms with Gasteiger partial charge in [-0.3, -0.25) is 0 Å². The quantitative estimate of drug-likeness (QED) is 0.399. The van der Waals surface area contributed by atoms with E-state index in [2.05, 4.69) is 79.4 Å². The van der Waals surface area contributed by atoms with Crippen LogP contribution in [0.25, 0.3) is 21.9 Å². The molecule has 0 bridgehead atoms. The molecule has 0 aromatic heterocycles. The van der Waals surface area contributed by atoms with Crippen molar-refractivity contribution in [3.63, 3.8) is 0 Å². The zero-order chi connectivity index (χ0) is 19.2. The van der Waals surface area contributed by atoms with Gasteiger partial charge in [0.15, 0.2) is 0 Å². The molecule has 4 rings (SSSR count). The molecule has 0 heterocycles. The highest BCUT2D eigenvalue weighted by Gasteiger charge is 2.38. The average molecular weight is 343 g/mol. The molecule has 0 saturated heterocycles. The van der Waals surface area contributed by atoms with E-state index in [0.29, 0.717) is 0 Å². The third-order valence-electron chi connectivity index (χ3n) is 4.91. The van der Waals surface area contributed by atoms with Gasteiger partial charge in [0.1, 0.15) is 0 Å². The second kappa shape index (κ2) is 8.72. The van der Waals surface area contributed by atoms with Gasteiger partial charge in [0.05, 0.1) is 0 Å². The van der Waals surface area contributed by atoms with Gasteiger partial charge in [-0.2, -0.15) is 0 Å². The average Bonchev–Trinajstić information content (AvgIpc) is 2.97. The fraction of sp³-hybridized carbons (Fsp3) is 0.308. The van der Waals surface area contributed by atoms with Crippen molar-refractivity contribution in [2.45, 2.75) is 53.4 Å². The largest absolute Gasteiger partial charge is 0.107 e. The molecule has 0 aliphatic heterocycles. The third-order valence-corrected chi connectivity index (χ3v) is 4.91. The third kappa shape index (κ3) is 3.27. The van der Waals surface area contributed by atoms with Crippen LogP contribution in [0.5, 0.6) is 0 Å². The summed E-state index contributed by atoms with van der Waals surface area (Å²) in [7, 11) is 0. The molecule has 0 nitrogen and oxygen atoms in total. The summed E-state index contributed by atoms with van der Waals surface area (Å²) in [6, 6.07) is 22.1. The molecule has 0 N–H and O–H groups in total. The van der Waals surface area contributed by atoms with Gasteiger partial charge in [-0.05, 0) is 52.1 Å². The van der Waals surface area contributed by atoms with Crippen LogP contribution in [0.1, 0.15) is 59.1 Å². The van der Waals surface area contributed by atoms with Crippen molar-refractivity contribution in [1.29, 1.82) is 0 Å². The van der Waals surface area contributed by atoms with Crippen LogP contribution in [0.15, 0.2) is 60.7 Å². The highest BCUT2D eigenvalue weighted by Crippen LogP contribution is 2.51. The van der Waals surface area contributed by atoms with Gasteiger partial charge in [0, 0.05) is 11.8 Å². The highest BCUT2D eigenvalue weighted by molar-refractivity contribution is 5.93. The minimum Gasteiger partial charge on any atom is -0.107 e. The number of fused-ring (bicyclic) bond motifs is 4. The van der Waals surface area contributed by atoms with Crippen LogP contribution in [0.2, 0.25) is 0 Å². The van der Waals surface area contributed by atoms with Crippen LogP contribution in [0.3, 0.4) is 0 Å². The number of hydrogen-bond acceptors (Lipinski definition) is 0. The Hall–Kier alpha value is -2.52. The van der Waals surface area contributed by atoms with E-state index in [4.69, 9.17) is 0 Å². The van der Waals surface area contributed by atoms with Crippen LogP contribution < -0.4 is 0 Å². The molecule has 1 unspecified atom stereocenters. The lowest BCUT2D eigenvalue weighted by molar-refractivity contribution is 0.607. The van der Waals surface area contributed by atoms with Gasteiger partial charge in [0.2, 0.25) is 0 Å². The zero-order valence-corrected chi connectivity index (χ0v) is 17.0. The topological polar surface area (TPSA) is 0 Å². The molecule has 3 aromatic rings. The lowest BCUT2D eigenvalue weighted by Gasteiger charge is -2.25. The van der Waals surface area contributed by atoms with Gasteiger partial charge >= 0.3 is 0 Å². The highest BCUT2D eigenvalue weighted by atomic mass is 14.4. The van der Waals surface area contributed by atoms with Crippen LogP contribution >= 0.6 is 0 Å². The molecule has 0 amide bonds. The van der Waals surface area contributed by atoms with E-state index in [0.717, 1.165) is 6.42 Å². The maximum Gasteiger partial charge on any atom is 0.0296 e. The summed E-state index contributed by atoms with van der Waals surface area (Å²) in [6.07, 6.45) is 0.867. The summed E-state index contributed by atoms with van der Waals surface area (Å²) in [5, 5.41) is 2.62. The van der Waals surface area contributed by atoms with Crippen molar-refractivity contribution in [2.75, 3.05) is 0 Å². The van der Waals surface area contributed by atoms with E-state index in [9.17, 15) is 0 Å². The Morgan fingerprint density at radius 1 is 0.731 bits per heavy atom. The Labute approximate surface area is 159 Å². The van der Waals surface area contributed by atoms with Gasteiger partial charge in [0.25, 0.3) is 0 Å². The van der Waals surface area contributed by atoms with Crippen LogP contribution in [-0.4, -0.2) is 0 Å². The summed E-state index contributed by atoms with van der Waals surface area (Å²) in [6.45, 7) is 12.3. The van der Waals surface area contributed by atoms with Crippen molar-refractivity contribution >= 4 is 10.8 Å². The molecule has 26 heavy (non-hydrogen) atoms. The molecular formula is C26H30. The number of hydrogen-bond donors (Lipinski definition) is 0. The number of rotatable bonds is 1. The monoisotopic (exact) mass is 342 g/mol. The van der Waals surface area contributed by atoms with Crippen LogP contribution in [0, 0.1) is 11.8 Å². The van der Waals surface area contributed by atoms with E-state index in [1.54, 1.807) is 0 Å². The summed E-state index contributed by atoms with van der Waals surface area (Å²) in [5.41, 5.74) is 5.54. The molecular weight excluding hydrogens is 312 g/mol. The lowest BCUT2D eigenvalue weighted by Crippen LogP contribution is -2.19. The van der Waals surface area contributed by atoms with Crippen molar-refractivity contribution < 1.29 is 0 Å². The minimum atomic E-state index is -0.0149. The van der Waals surface area contributed by atoms with E-state index in [-0.39, 0.29) is 5.41 Å². The molecule has 1 aliphatic rings. The maximum absolute atomic E-state index is 3.31. The van der Waals surface area contributed by atoms with Crippen LogP contribution in [0.4, 0.5) is 0 Å². The van der Waals surface area contributed by atoms with Crippen molar-refractivity contribution in [3.05, 3.63) is 71.8 Å². The summed E-state index contributed by atoms with van der Waals surface area (Å²) in [5.74, 6) is 6.38. The molecule has 1 aliphatic carbocycles. The normalized spacial score (nSPS) is 16.1. The first-order valence-electron chi connectivity index (χ1n) is 9.77. The Kier molecular flexibility index (Phi) is 6.64. The van der Waals surface area contributed by atoms with Gasteiger partial charge in [-0.15, -0.1) is 11.8 Å². The predicted octanol–water partition coefficient (Wildman–Crippen LogP) is 7.59. The lowest BCUT2D eigenvalue weighted by atomic mass is 9.77. The van der Waals surface area contributed by atoms with Gasteiger partial charge in [-0.25, -0.2) is 0 Å².